The molecule has 3 aromatic rings. The first-order valence-electron chi connectivity index (χ1n) is 8.32. The van der Waals surface area contributed by atoms with Crippen molar-refractivity contribution in [3.63, 3.8) is 0 Å². The molecule has 0 bridgehead atoms. The number of H-pyrrole nitrogens is 1. The van der Waals surface area contributed by atoms with E-state index < -0.39 is 51.9 Å². The quantitative estimate of drug-likeness (QED) is 0.575. The number of carbonyl (C=O) groups is 1. The second-order valence-electron chi connectivity index (χ2n) is 6.23. The minimum atomic E-state index is -5.11. The smallest absolute Gasteiger partial charge is 0.322 e. The Bertz CT molecular complexity index is 1190. The third-order valence-electron chi connectivity index (χ3n) is 4.04. The highest BCUT2D eigenvalue weighted by Gasteiger charge is 2.37. The zero-order chi connectivity index (χ0) is 23.0. The Labute approximate surface area is 172 Å². The Balaban J connectivity index is 1.98. The van der Waals surface area contributed by atoms with Gasteiger partial charge in [0.25, 0.3) is 11.5 Å². The number of alkyl halides is 6. The van der Waals surface area contributed by atoms with E-state index in [0.717, 1.165) is 6.20 Å². The van der Waals surface area contributed by atoms with E-state index in [-0.39, 0.29) is 12.6 Å². The number of halogens is 6. The lowest BCUT2D eigenvalue weighted by atomic mass is 10.1. The van der Waals surface area contributed by atoms with Gasteiger partial charge in [-0.05, 0) is 29.6 Å². The second kappa shape index (κ2) is 8.06. The topological polar surface area (TPSA) is 84.0 Å². The van der Waals surface area contributed by atoms with Gasteiger partial charge in [-0.25, -0.2) is 4.79 Å². The summed E-state index contributed by atoms with van der Waals surface area (Å²) in [6.45, 7) is -0.172. The predicted molar refractivity (Wildman–Crippen MR) is 99.1 cm³/mol. The molecule has 3 rings (SSSR count). The maximum Gasteiger partial charge on any atom is 0.416 e. The molecule has 1 amide bonds. The van der Waals surface area contributed by atoms with Crippen molar-refractivity contribution in [3.05, 3.63) is 84.3 Å². The van der Waals surface area contributed by atoms with Gasteiger partial charge in [0.05, 0.1) is 17.7 Å². The van der Waals surface area contributed by atoms with Gasteiger partial charge in [0, 0.05) is 16.8 Å². The van der Waals surface area contributed by atoms with Crippen LogP contribution in [0.4, 0.5) is 32.0 Å². The Morgan fingerprint density at radius 3 is 2.16 bits per heavy atom. The first kappa shape index (κ1) is 22.3. The minimum absolute atomic E-state index is 0.0936. The number of nitrogens with one attached hydrogen (secondary N) is 2. The normalized spacial score (nSPS) is 12.1. The van der Waals surface area contributed by atoms with Gasteiger partial charge in [-0.2, -0.15) is 26.3 Å². The number of hydrogen-bond donors (Lipinski definition) is 2. The summed E-state index contributed by atoms with van der Waals surface area (Å²) >= 11 is 1.23. The van der Waals surface area contributed by atoms with Gasteiger partial charge in [-0.3, -0.25) is 14.2 Å². The zero-order valence-corrected chi connectivity index (χ0v) is 15.9. The van der Waals surface area contributed by atoms with E-state index >= 15 is 0 Å². The molecule has 0 saturated carbocycles. The summed E-state index contributed by atoms with van der Waals surface area (Å²) in [5.74, 6) is -1.28. The zero-order valence-electron chi connectivity index (χ0n) is 15.1. The van der Waals surface area contributed by atoms with E-state index in [2.05, 4.69) is 4.98 Å². The van der Waals surface area contributed by atoms with Crippen molar-refractivity contribution in [2.75, 3.05) is 5.32 Å². The van der Waals surface area contributed by atoms with Crippen LogP contribution in [0.15, 0.2) is 51.5 Å². The fraction of sp³-hybridized carbons (Fsp3) is 0.167. The number of nitrogens with zero attached hydrogens (tertiary/aromatic N) is 1. The summed E-state index contributed by atoms with van der Waals surface area (Å²) in [4.78, 5) is 39.6. The van der Waals surface area contributed by atoms with E-state index in [1.54, 1.807) is 17.5 Å². The first-order valence-corrected chi connectivity index (χ1v) is 9.20. The molecule has 0 aliphatic carbocycles. The molecule has 2 aromatic heterocycles. The highest BCUT2D eigenvalue weighted by atomic mass is 32.1. The van der Waals surface area contributed by atoms with Crippen LogP contribution in [0.2, 0.25) is 0 Å². The molecule has 31 heavy (non-hydrogen) atoms. The summed E-state index contributed by atoms with van der Waals surface area (Å²) in [6, 6.07) is 3.82. The monoisotopic (exact) mass is 463 g/mol. The highest BCUT2D eigenvalue weighted by Crippen LogP contribution is 2.37. The second-order valence-corrected chi connectivity index (χ2v) is 7.26. The number of anilines is 1. The molecule has 0 aliphatic rings. The van der Waals surface area contributed by atoms with E-state index in [1.807, 2.05) is 5.32 Å². The number of benzene rings is 1. The number of carbonyl (C=O) groups excluding carboxylic acids is 1. The Morgan fingerprint density at radius 2 is 1.65 bits per heavy atom. The van der Waals surface area contributed by atoms with Gasteiger partial charge in [0.15, 0.2) is 0 Å². The van der Waals surface area contributed by atoms with Gasteiger partial charge in [-0.1, -0.05) is 6.07 Å². The van der Waals surface area contributed by atoms with Crippen LogP contribution in [0.3, 0.4) is 0 Å². The molecule has 6 nitrogen and oxygen atoms in total. The van der Waals surface area contributed by atoms with E-state index in [1.165, 1.54) is 11.3 Å². The van der Waals surface area contributed by atoms with E-state index in [4.69, 9.17) is 0 Å². The fourth-order valence-electron chi connectivity index (χ4n) is 2.60. The molecule has 13 heteroatoms. The number of thiophene rings is 1. The lowest BCUT2D eigenvalue weighted by Crippen LogP contribution is -2.39. The van der Waals surface area contributed by atoms with Crippen molar-refractivity contribution in [1.82, 2.24) is 9.55 Å². The van der Waals surface area contributed by atoms with Crippen LogP contribution in [0, 0.1) is 0 Å². The van der Waals surface area contributed by atoms with Gasteiger partial charge in [0.2, 0.25) is 0 Å². The van der Waals surface area contributed by atoms with Crippen molar-refractivity contribution >= 4 is 22.9 Å². The van der Waals surface area contributed by atoms with Crippen LogP contribution in [0.5, 0.6) is 0 Å². The van der Waals surface area contributed by atoms with Gasteiger partial charge in [0.1, 0.15) is 5.56 Å². The fourth-order valence-corrected chi connectivity index (χ4v) is 3.29. The van der Waals surface area contributed by atoms with Gasteiger partial charge in [-0.15, -0.1) is 11.3 Å². The number of rotatable bonds is 4. The maximum atomic E-state index is 13.0. The Hall–Kier alpha value is -3.35. The molecule has 164 valence electrons. The molecular weight excluding hydrogens is 452 g/mol. The van der Waals surface area contributed by atoms with Crippen LogP contribution in [0.25, 0.3) is 0 Å². The predicted octanol–water partition coefficient (Wildman–Crippen LogP) is 3.94. The highest BCUT2D eigenvalue weighted by molar-refractivity contribution is 7.09. The molecule has 0 unspecified atom stereocenters. The number of hydrogen-bond acceptors (Lipinski definition) is 4. The van der Waals surface area contributed by atoms with Crippen molar-refractivity contribution in [3.8, 4) is 0 Å². The molecule has 2 heterocycles. The van der Waals surface area contributed by atoms with Crippen molar-refractivity contribution in [1.29, 1.82) is 0 Å². The standard InChI is InChI=1S/C18H11F6N3O3S/c19-17(20,21)9-4-10(18(22,23)24)6-11(5-9)26-14(28)13-7-25-16(30)27(15(13)29)8-12-2-1-3-31-12/h1-7H,8H2,(H,25,30)(H,26,28). The SMILES string of the molecule is O=C(Nc1cc(C(F)(F)F)cc(C(F)(F)F)c1)c1c[nH]c(=O)n(Cc2cccs2)c1=O. The van der Waals surface area contributed by atoms with Crippen LogP contribution >= 0.6 is 11.3 Å². The average molecular weight is 463 g/mol. The van der Waals surface area contributed by atoms with Crippen LogP contribution in [-0.4, -0.2) is 15.5 Å². The molecule has 0 fully saturated rings. The molecule has 0 radical (unpaired) electrons. The first-order chi connectivity index (χ1) is 14.4. The molecule has 1 aromatic carbocycles. The molecule has 0 aliphatic heterocycles. The minimum Gasteiger partial charge on any atom is -0.322 e. The van der Waals surface area contributed by atoms with E-state index in [0.29, 0.717) is 21.6 Å². The van der Waals surface area contributed by atoms with Gasteiger partial charge < -0.3 is 10.3 Å². The lowest BCUT2D eigenvalue weighted by molar-refractivity contribution is -0.143. The Kier molecular flexibility index (Phi) is 5.81. The van der Waals surface area contributed by atoms with Gasteiger partial charge >= 0.3 is 18.0 Å². The number of aromatic amines is 1. The average Bonchev–Trinajstić information content (AvgIpc) is 3.16. The largest absolute Gasteiger partial charge is 0.416 e. The van der Waals surface area contributed by atoms with Crippen molar-refractivity contribution in [2.45, 2.75) is 18.9 Å². The van der Waals surface area contributed by atoms with Crippen LogP contribution in [0.1, 0.15) is 26.4 Å². The summed E-state index contributed by atoms with van der Waals surface area (Å²) in [5.41, 5.74) is -6.64. The number of amides is 1. The molecule has 0 atom stereocenters. The molecular formula is C18H11F6N3O3S. The van der Waals surface area contributed by atoms with Crippen LogP contribution < -0.4 is 16.6 Å². The van der Waals surface area contributed by atoms with Crippen molar-refractivity contribution < 1.29 is 31.1 Å². The summed E-state index contributed by atoms with van der Waals surface area (Å²) < 4.78 is 78.5. The third kappa shape index (κ3) is 5.05. The molecule has 2 N–H and O–H groups in total. The summed E-state index contributed by atoms with van der Waals surface area (Å²) in [7, 11) is 0. The molecule has 0 saturated heterocycles. The van der Waals surface area contributed by atoms with E-state index in [9.17, 15) is 40.7 Å². The third-order valence-corrected chi connectivity index (χ3v) is 4.91. The molecule has 0 spiro atoms. The van der Waals surface area contributed by atoms with Crippen LogP contribution in [-0.2, 0) is 18.9 Å². The lowest BCUT2D eigenvalue weighted by Gasteiger charge is -2.15. The summed E-state index contributed by atoms with van der Waals surface area (Å²) in [5, 5.41) is 3.55. The Morgan fingerprint density at radius 1 is 1.03 bits per heavy atom. The summed E-state index contributed by atoms with van der Waals surface area (Å²) in [6.07, 6.45) is -9.47. The maximum absolute atomic E-state index is 13.0. The van der Waals surface area contributed by atoms with Crippen molar-refractivity contribution in [2.24, 2.45) is 0 Å². The number of aromatic nitrogens is 2.